The van der Waals surface area contributed by atoms with Gasteiger partial charge in [0.15, 0.2) is 0 Å². The first kappa shape index (κ1) is 17.5. The number of benzene rings is 1. The number of rotatable bonds is 9. The third kappa shape index (κ3) is 5.83. The highest BCUT2D eigenvalue weighted by atomic mass is 32.2. The first-order valence-corrected chi connectivity index (χ1v) is 8.33. The summed E-state index contributed by atoms with van der Waals surface area (Å²) in [6, 6.07) is 8.88. The van der Waals surface area contributed by atoms with Crippen LogP contribution < -0.4 is 5.32 Å². The number of aliphatic hydroxyl groups is 2. The molecule has 0 amide bonds. The van der Waals surface area contributed by atoms with Gasteiger partial charge in [0.1, 0.15) is 0 Å². The molecule has 1 aromatic carbocycles. The summed E-state index contributed by atoms with van der Waals surface area (Å²) in [5, 5.41) is 22.3. The number of nitrogens with one attached hydrogen (secondary N) is 1. The quantitative estimate of drug-likeness (QED) is 0.655. The Bertz CT molecular complexity index is 369. The number of thioether (sulfide) groups is 1. The minimum atomic E-state index is -0.632. The SMILES string of the molecule is CCCNC(c1ccc(C)cc1)C(C)SCC(O)CO. The lowest BCUT2D eigenvalue weighted by Crippen LogP contribution is -2.30. The number of hydrogen-bond acceptors (Lipinski definition) is 4. The zero-order valence-corrected chi connectivity index (χ0v) is 13.5. The van der Waals surface area contributed by atoms with Gasteiger partial charge in [0.2, 0.25) is 0 Å². The van der Waals surface area contributed by atoms with Crippen LogP contribution in [-0.2, 0) is 0 Å². The third-order valence-corrected chi connectivity index (χ3v) is 4.66. The minimum absolute atomic E-state index is 0.169. The molecule has 0 saturated carbocycles. The average molecular weight is 297 g/mol. The van der Waals surface area contributed by atoms with E-state index in [4.69, 9.17) is 5.11 Å². The molecule has 3 N–H and O–H groups in total. The summed E-state index contributed by atoms with van der Waals surface area (Å²) < 4.78 is 0. The van der Waals surface area contributed by atoms with Crippen molar-refractivity contribution in [2.24, 2.45) is 0 Å². The second-order valence-electron chi connectivity index (χ2n) is 5.22. The highest BCUT2D eigenvalue weighted by Gasteiger charge is 2.20. The van der Waals surface area contributed by atoms with E-state index in [2.05, 4.69) is 50.4 Å². The van der Waals surface area contributed by atoms with Crippen LogP contribution in [0.3, 0.4) is 0 Å². The molecular formula is C16H27NO2S. The summed E-state index contributed by atoms with van der Waals surface area (Å²) in [4.78, 5) is 0. The summed E-state index contributed by atoms with van der Waals surface area (Å²) in [5.41, 5.74) is 2.54. The molecule has 0 heterocycles. The van der Waals surface area contributed by atoms with Crippen LogP contribution >= 0.6 is 11.8 Å². The van der Waals surface area contributed by atoms with Gasteiger partial charge in [-0.25, -0.2) is 0 Å². The van der Waals surface area contributed by atoms with E-state index in [-0.39, 0.29) is 12.6 Å². The number of aliphatic hydroxyl groups excluding tert-OH is 2. The van der Waals surface area contributed by atoms with Crippen molar-refractivity contribution in [3.05, 3.63) is 35.4 Å². The lowest BCUT2D eigenvalue weighted by molar-refractivity contribution is 0.113. The largest absolute Gasteiger partial charge is 0.394 e. The van der Waals surface area contributed by atoms with Crippen molar-refractivity contribution in [3.8, 4) is 0 Å². The third-order valence-electron chi connectivity index (χ3n) is 3.28. The number of aryl methyl sites for hydroxylation is 1. The molecule has 0 bridgehead atoms. The maximum absolute atomic E-state index is 9.48. The van der Waals surface area contributed by atoms with Crippen LogP contribution in [0, 0.1) is 6.92 Å². The van der Waals surface area contributed by atoms with Crippen LogP contribution in [0.4, 0.5) is 0 Å². The fraction of sp³-hybridized carbons (Fsp3) is 0.625. The van der Waals surface area contributed by atoms with Crippen molar-refractivity contribution >= 4 is 11.8 Å². The maximum atomic E-state index is 9.48. The van der Waals surface area contributed by atoms with Crippen molar-refractivity contribution in [1.82, 2.24) is 5.32 Å². The topological polar surface area (TPSA) is 52.5 Å². The van der Waals surface area contributed by atoms with E-state index in [1.54, 1.807) is 11.8 Å². The lowest BCUT2D eigenvalue weighted by atomic mass is 10.0. The van der Waals surface area contributed by atoms with Crippen LogP contribution in [0.5, 0.6) is 0 Å². The highest BCUT2D eigenvalue weighted by Crippen LogP contribution is 2.27. The van der Waals surface area contributed by atoms with E-state index in [1.807, 2.05) is 0 Å². The zero-order chi connectivity index (χ0) is 15.0. The van der Waals surface area contributed by atoms with Crippen molar-refractivity contribution in [3.63, 3.8) is 0 Å². The van der Waals surface area contributed by atoms with Crippen LogP contribution in [-0.4, -0.2) is 40.5 Å². The molecule has 0 aromatic heterocycles. The van der Waals surface area contributed by atoms with Crippen molar-refractivity contribution in [1.29, 1.82) is 0 Å². The predicted molar refractivity (Wildman–Crippen MR) is 87.2 cm³/mol. The molecule has 4 heteroatoms. The summed E-state index contributed by atoms with van der Waals surface area (Å²) in [6.07, 6.45) is 0.464. The molecule has 0 aliphatic carbocycles. The Morgan fingerprint density at radius 2 is 1.90 bits per heavy atom. The monoisotopic (exact) mass is 297 g/mol. The van der Waals surface area contributed by atoms with Gasteiger partial charge in [-0.3, -0.25) is 0 Å². The molecule has 3 nitrogen and oxygen atoms in total. The Morgan fingerprint density at radius 1 is 1.25 bits per heavy atom. The Hall–Kier alpha value is -0.550. The molecule has 3 atom stereocenters. The Balaban J connectivity index is 2.69. The second kappa shape index (κ2) is 9.40. The van der Waals surface area contributed by atoms with Crippen LogP contribution in [0.2, 0.25) is 0 Å². The fourth-order valence-electron chi connectivity index (χ4n) is 2.04. The van der Waals surface area contributed by atoms with Gasteiger partial charge >= 0.3 is 0 Å². The van der Waals surface area contributed by atoms with Gasteiger partial charge in [0, 0.05) is 17.0 Å². The van der Waals surface area contributed by atoms with E-state index in [0.717, 1.165) is 13.0 Å². The molecule has 20 heavy (non-hydrogen) atoms. The van der Waals surface area contributed by atoms with Gasteiger partial charge in [0.25, 0.3) is 0 Å². The van der Waals surface area contributed by atoms with Gasteiger partial charge in [-0.15, -0.1) is 0 Å². The van der Waals surface area contributed by atoms with Gasteiger partial charge in [-0.1, -0.05) is 43.7 Å². The van der Waals surface area contributed by atoms with Gasteiger partial charge in [0.05, 0.1) is 12.7 Å². The molecule has 0 spiro atoms. The summed E-state index contributed by atoms with van der Waals surface area (Å²) in [5.74, 6) is 0.563. The minimum Gasteiger partial charge on any atom is -0.394 e. The molecule has 114 valence electrons. The Kier molecular flexibility index (Phi) is 8.22. The Morgan fingerprint density at radius 3 is 2.45 bits per heavy atom. The smallest absolute Gasteiger partial charge is 0.0861 e. The molecule has 1 rings (SSSR count). The standard InChI is InChI=1S/C16H27NO2S/c1-4-9-17-16(13(3)20-11-15(19)10-18)14-7-5-12(2)6-8-14/h5-8,13,15-19H,4,9-11H2,1-3H3. The summed E-state index contributed by atoms with van der Waals surface area (Å²) in [6.45, 7) is 7.23. The van der Waals surface area contributed by atoms with Gasteiger partial charge < -0.3 is 15.5 Å². The molecule has 0 saturated heterocycles. The lowest BCUT2D eigenvalue weighted by Gasteiger charge is -2.26. The molecule has 3 unspecified atom stereocenters. The normalized spacial score (nSPS) is 15.8. The van der Waals surface area contributed by atoms with E-state index in [1.165, 1.54) is 11.1 Å². The molecule has 1 aromatic rings. The molecule has 0 aliphatic rings. The Labute approximate surface area is 126 Å². The van der Waals surface area contributed by atoms with Crippen molar-refractivity contribution < 1.29 is 10.2 Å². The molecule has 0 fully saturated rings. The maximum Gasteiger partial charge on any atom is 0.0861 e. The number of hydrogen-bond donors (Lipinski definition) is 3. The molecule has 0 radical (unpaired) electrons. The van der Waals surface area contributed by atoms with Crippen LogP contribution in [0.25, 0.3) is 0 Å². The highest BCUT2D eigenvalue weighted by molar-refractivity contribution is 7.99. The summed E-state index contributed by atoms with van der Waals surface area (Å²) in [7, 11) is 0. The van der Waals surface area contributed by atoms with E-state index in [9.17, 15) is 5.11 Å². The average Bonchev–Trinajstić information content (AvgIpc) is 2.46. The van der Waals surface area contributed by atoms with E-state index < -0.39 is 6.10 Å². The molecular weight excluding hydrogens is 270 g/mol. The first-order valence-electron chi connectivity index (χ1n) is 7.29. The fourth-order valence-corrected chi connectivity index (χ4v) is 3.12. The predicted octanol–water partition coefficient (Wildman–Crippen LogP) is 2.51. The van der Waals surface area contributed by atoms with Gasteiger partial charge in [-0.2, -0.15) is 11.8 Å². The second-order valence-corrected chi connectivity index (χ2v) is 6.63. The van der Waals surface area contributed by atoms with Crippen molar-refractivity contribution in [2.75, 3.05) is 18.9 Å². The van der Waals surface area contributed by atoms with E-state index in [0.29, 0.717) is 11.0 Å². The molecule has 0 aliphatic heterocycles. The zero-order valence-electron chi connectivity index (χ0n) is 12.7. The first-order chi connectivity index (χ1) is 9.58. The summed E-state index contributed by atoms with van der Waals surface area (Å²) >= 11 is 1.69. The van der Waals surface area contributed by atoms with E-state index >= 15 is 0 Å². The van der Waals surface area contributed by atoms with Crippen LogP contribution in [0.1, 0.15) is 37.4 Å². The van der Waals surface area contributed by atoms with Gasteiger partial charge in [-0.05, 0) is 25.5 Å². The van der Waals surface area contributed by atoms with Crippen molar-refractivity contribution in [2.45, 2.75) is 44.6 Å². The van der Waals surface area contributed by atoms with Crippen LogP contribution in [0.15, 0.2) is 24.3 Å².